The quantitative estimate of drug-likeness (QED) is 0.490. The maximum Gasteiger partial charge on any atom is 0.227 e. The predicted octanol–water partition coefficient (Wildman–Crippen LogP) is 7.14. The van der Waals surface area contributed by atoms with Crippen LogP contribution in [0.1, 0.15) is 52.2 Å². The largest absolute Gasteiger partial charge is 0.436 e. The third-order valence-corrected chi connectivity index (χ3v) is 4.54. The van der Waals surface area contributed by atoms with E-state index < -0.39 is 0 Å². The smallest absolute Gasteiger partial charge is 0.227 e. The van der Waals surface area contributed by atoms with E-state index in [0.717, 1.165) is 28.6 Å². The van der Waals surface area contributed by atoms with Crippen molar-refractivity contribution >= 4 is 17.2 Å². The maximum atomic E-state index is 5.96. The van der Waals surface area contributed by atoms with Gasteiger partial charge in [0.15, 0.2) is 5.58 Å². The summed E-state index contributed by atoms with van der Waals surface area (Å²) in [5.41, 5.74) is 5.73. The first kappa shape index (κ1) is 18.4. The number of benzene rings is 2. The van der Waals surface area contributed by atoms with Gasteiger partial charge in [-0.2, -0.15) is 0 Å². The second kappa shape index (κ2) is 6.75. The van der Waals surface area contributed by atoms with Crippen LogP contribution in [0.2, 0.25) is 0 Å². The number of nitrogens with zero attached hydrogens (tertiary/aromatic N) is 1. The van der Waals surface area contributed by atoms with Gasteiger partial charge in [0.2, 0.25) is 5.89 Å². The van der Waals surface area contributed by atoms with Crippen molar-refractivity contribution in [2.75, 3.05) is 0 Å². The fraction of sp³-hybridized carbons (Fsp3) is 0.375. The molecule has 0 unspecified atom stereocenters. The Hall–Kier alpha value is -2.35. The van der Waals surface area contributed by atoms with Gasteiger partial charge in [0, 0.05) is 5.56 Å². The monoisotopic (exact) mass is 347 g/mol. The number of rotatable bonds is 5. The molecule has 0 N–H and O–H groups in total. The van der Waals surface area contributed by atoms with E-state index in [1.807, 2.05) is 36.4 Å². The molecular formula is C24H29NO. The van der Waals surface area contributed by atoms with Gasteiger partial charge in [-0.3, -0.25) is 0 Å². The lowest BCUT2D eigenvalue weighted by molar-refractivity contribution is 0.211. The van der Waals surface area contributed by atoms with Gasteiger partial charge in [-0.15, -0.1) is 0 Å². The Bertz CT molecular complexity index is 908. The van der Waals surface area contributed by atoms with Crippen LogP contribution in [-0.2, 0) is 6.42 Å². The van der Waals surface area contributed by atoms with Crippen molar-refractivity contribution in [2.45, 2.75) is 47.5 Å². The molecule has 0 saturated heterocycles. The summed E-state index contributed by atoms with van der Waals surface area (Å²) in [7, 11) is 0. The first-order chi connectivity index (χ1) is 12.1. The third kappa shape index (κ3) is 4.43. The minimum Gasteiger partial charge on any atom is -0.436 e. The van der Waals surface area contributed by atoms with E-state index in [2.05, 4.69) is 53.3 Å². The zero-order valence-corrected chi connectivity index (χ0v) is 16.6. The zero-order valence-electron chi connectivity index (χ0n) is 16.6. The van der Waals surface area contributed by atoms with Crippen molar-refractivity contribution in [2.24, 2.45) is 10.8 Å². The lowest BCUT2D eigenvalue weighted by atomic mass is 9.73. The standard InChI is InChI=1S/C24H29NO/c1-7-17-8-11-19(12-9-17)22-25-20-14-18(10-13-21(20)26-22)15-24(5,6)16-23(2,3)4/h7-14H,1,15-16H2,2-6H3. The summed E-state index contributed by atoms with van der Waals surface area (Å²) in [6.07, 6.45) is 4.05. The molecule has 26 heavy (non-hydrogen) atoms. The highest BCUT2D eigenvalue weighted by atomic mass is 16.3. The average Bonchev–Trinajstić information content (AvgIpc) is 2.95. The summed E-state index contributed by atoms with van der Waals surface area (Å²) >= 11 is 0. The molecule has 0 amide bonds. The van der Waals surface area contributed by atoms with Crippen LogP contribution < -0.4 is 0 Å². The highest BCUT2D eigenvalue weighted by molar-refractivity contribution is 5.77. The van der Waals surface area contributed by atoms with Crippen LogP contribution in [0.3, 0.4) is 0 Å². The van der Waals surface area contributed by atoms with Gasteiger partial charge in [-0.25, -0.2) is 4.98 Å². The van der Waals surface area contributed by atoms with E-state index in [-0.39, 0.29) is 5.41 Å². The van der Waals surface area contributed by atoms with Gasteiger partial charge < -0.3 is 4.42 Å². The average molecular weight is 348 g/mol. The highest BCUT2D eigenvalue weighted by Gasteiger charge is 2.26. The van der Waals surface area contributed by atoms with Crippen molar-refractivity contribution in [3.05, 3.63) is 60.2 Å². The topological polar surface area (TPSA) is 26.0 Å². The lowest BCUT2D eigenvalue weighted by Crippen LogP contribution is -2.22. The molecule has 2 nitrogen and oxygen atoms in total. The Morgan fingerprint density at radius 3 is 2.31 bits per heavy atom. The summed E-state index contributed by atoms with van der Waals surface area (Å²) < 4.78 is 5.96. The van der Waals surface area contributed by atoms with Crippen LogP contribution in [0.5, 0.6) is 0 Å². The zero-order chi connectivity index (χ0) is 18.9. The second-order valence-electron chi connectivity index (χ2n) is 9.23. The summed E-state index contributed by atoms with van der Waals surface area (Å²) in [5.74, 6) is 0.668. The molecule has 0 fully saturated rings. The lowest BCUT2D eigenvalue weighted by Gasteiger charge is -2.32. The van der Waals surface area contributed by atoms with Gasteiger partial charge >= 0.3 is 0 Å². The molecular weight excluding hydrogens is 318 g/mol. The molecule has 0 saturated carbocycles. The molecule has 0 spiro atoms. The van der Waals surface area contributed by atoms with Gasteiger partial charge in [0.05, 0.1) is 0 Å². The Labute approximate surface area is 157 Å². The molecule has 1 heterocycles. The molecule has 2 heteroatoms. The van der Waals surface area contributed by atoms with E-state index in [1.165, 1.54) is 12.0 Å². The number of oxazole rings is 1. The van der Waals surface area contributed by atoms with E-state index in [1.54, 1.807) is 0 Å². The van der Waals surface area contributed by atoms with Gasteiger partial charge in [0.25, 0.3) is 0 Å². The van der Waals surface area contributed by atoms with Crippen molar-refractivity contribution in [1.29, 1.82) is 0 Å². The highest BCUT2D eigenvalue weighted by Crippen LogP contribution is 2.36. The molecule has 0 bridgehead atoms. The fourth-order valence-electron chi connectivity index (χ4n) is 4.02. The van der Waals surface area contributed by atoms with E-state index in [4.69, 9.17) is 9.40 Å². The van der Waals surface area contributed by atoms with E-state index in [0.29, 0.717) is 11.3 Å². The molecule has 2 aromatic carbocycles. The van der Waals surface area contributed by atoms with Crippen LogP contribution in [-0.4, -0.2) is 4.98 Å². The normalized spacial score (nSPS) is 12.5. The minimum absolute atomic E-state index is 0.249. The first-order valence-corrected chi connectivity index (χ1v) is 9.28. The summed E-state index contributed by atoms with van der Waals surface area (Å²) in [4.78, 5) is 4.71. The minimum atomic E-state index is 0.249. The van der Waals surface area contributed by atoms with Gasteiger partial charge in [-0.05, 0) is 59.1 Å². The van der Waals surface area contributed by atoms with Crippen molar-refractivity contribution in [3.8, 4) is 11.5 Å². The molecule has 1 aromatic heterocycles. The second-order valence-corrected chi connectivity index (χ2v) is 9.23. The van der Waals surface area contributed by atoms with Crippen molar-refractivity contribution in [3.63, 3.8) is 0 Å². The van der Waals surface area contributed by atoms with Crippen LogP contribution >= 0.6 is 0 Å². The summed E-state index contributed by atoms with van der Waals surface area (Å²) in [6, 6.07) is 14.5. The van der Waals surface area contributed by atoms with E-state index in [9.17, 15) is 0 Å². The van der Waals surface area contributed by atoms with Crippen molar-refractivity contribution < 1.29 is 4.42 Å². The fourth-order valence-corrected chi connectivity index (χ4v) is 4.02. The summed E-state index contributed by atoms with van der Waals surface area (Å²) in [5, 5.41) is 0. The molecule has 136 valence electrons. The molecule has 0 aliphatic rings. The third-order valence-electron chi connectivity index (χ3n) is 4.54. The van der Waals surface area contributed by atoms with E-state index >= 15 is 0 Å². The van der Waals surface area contributed by atoms with Crippen LogP contribution in [0.4, 0.5) is 0 Å². The molecule has 0 atom stereocenters. The number of hydrogen-bond donors (Lipinski definition) is 0. The molecule has 0 aliphatic carbocycles. The van der Waals surface area contributed by atoms with Crippen molar-refractivity contribution in [1.82, 2.24) is 4.98 Å². The molecule has 0 radical (unpaired) electrons. The Balaban J connectivity index is 1.86. The molecule has 3 rings (SSSR count). The maximum absolute atomic E-state index is 5.96. The van der Waals surface area contributed by atoms with Crippen LogP contribution in [0.15, 0.2) is 53.5 Å². The predicted molar refractivity (Wildman–Crippen MR) is 111 cm³/mol. The summed E-state index contributed by atoms with van der Waals surface area (Å²) in [6.45, 7) is 15.4. The first-order valence-electron chi connectivity index (χ1n) is 9.28. The number of fused-ring (bicyclic) bond motifs is 1. The Morgan fingerprint density at radius 1 is 1.00 bits per heavy atom. The van der Waals surface area contributed by atoms with Crippen LogP contribution in [0.25, 0.3) is 28.6 Å². The van der Waals surface area contributed by atoms with Gasteiger partial charge in [0.1, 0.15) is 5.52 Å². The molecule has 0 aliphatic heterocycles. The van der Waals surface area contributed by atoms with Gasteiger partial charge in [-0.1, -0.05) is 65.5 Å². The number of hydrogen-bond acceptors (Lipinski definition) is 2. The Kier molecular flexibility index (Phi) is 4.79. The SMILES string of the molecule is C=Cc1ccc(-c2nc3cc(CC(C)(C)CC(C)(C)C)ccc3o2)cc1. The number of aromatic nitrogens is 1. The molecule has 3 aromatic rings. The Morgan fingerprint density at radius 2 is 1.69 bits per heavy atom. The van der Waals surface area contributed by atoms with Crippen LogP contribution in [0, 0.1) is 10.8 Å².